The summed E-state index contributed by atoms with van der Waals surface area (Å²) in [6, 6.07) is 0. The molecule has 2 aliphatic heterocycles. The van der Waals surface area contributed by atoms with Gasteiger partial charge in [-0.05, 0) is 43.3 Å². The molecule has 88 valence electrons. The molecule has 2 nitrogen and oxygen atoms in total. The first-order chi connectivity index (χ1) is 7.24. The third-order valence-corrected chi connectivity index (χ3v) is 4.93. The number of aliphatic hydroxyl groups excluding tert-OH is 1. The second-order valence-corrected chi connectivity index (χ2v) is 6.32. The maximum Gasteiger partial charge on any atom is 0.0783 e. The van der Waals surface area contributed by atoms with Gasteiger partial charge in [-0.2, -0.15) is 11.8 Å². The Labute approximate surface area is 96.8 Å². The molecule has 0 saturated carbocycles. The van der Waals surface area contributed by atoms with Crippen LogP contribution in [0.5, 0.6) is 0 Å². The number of aliphatic hydroxyl groups is 1. The van der Waals surface area contributed by atoms with Gasteiger partial charge in [-0.1, -0.05) is 6.92 Å². The molecule has 3 atom stereocenters. The van der Waals surface area contributed by atoms with Crippen molar-refractivity contribution in [1.29, 1.82) is 0 Å². The monoisotopic (exact) mass is 230 g/mol. The lowest BCUT2D eigenvalue weighted by molar-refractivity contribution is -0.0831. The molecule has 0 radical (unpaired) electrons. The molecular weight excluding hydrogens is 208 g/mol. The predicted molar refractivity (Wildman–Crippen MR) is 64.2 cm³/mol. The van der Waals surface area contributed by atoms with E-state index in [1.807, 2.05) is 11.8 Å². The van der Waals surface area contributed by atoms with Crippen LogP contribution in [0.3, 0.4) is 0 Å². The summed E-state index contributed by atoms with van der Waals surface area (Å²) in [6.45, 7) is 3.41. The van der Waals surface area contributed by atoms with Crippen LogP contribution in [0.1, 0.15) is 32.6 Å². The zero-order valence-electron chi connectivity index (χ0n) is 9.58. The first kappa shape index (κ1) is 11.7. The summed E-state index contributed by atoms with van der Waals surface area (Å²) in [5.74, 6) is 3.69. The molecule has 0 amide bonds. The molecule has 1 N–H and O–H groups in total. The minimum absolute atomic E-state index is 0.211. The molecule has 0 aromatic carbocycles. The summed E-state index contributed by atoms with van der Waals surface area (Å²) in [5.41, 5.74) is 0.211. The van der Waals surface area contributed by atoms with E-state index >= 15 is 0 Å². The van der Waals surface area contributed by atoms with Crippen molar-refractivity contribution in [3.8, 4) is 0 Å². The van der Waals surface area contributed by atoms with Crippen molar-refractivity contribution < 1.29 is 9.84 Å². The molecular formula is C12H22O2S. The Balaban J connectivity index is 1.86. The van der Waals surface area contributed by atoms with E-state index in [1.165, 1.54) is 37.2 Å². The molecule has 1 spiro atoms. The SMILES string of the molecule is CC(CO)CC1CCOC2(CCSC2)C1. The van der Waals surface area contributed by atoms with E-state index in [-0.39, 0.29) is 5.60 Å². The molecule has 0 aromatic heterocycles. The smallest absolute Gasteiger partial charge is 0.0783 e. The van der Waals surface area contributed by atoms with Crippen molar-refractivity contribution in [3.05, 3.63) is 0 Å². The first-order valence-electron chi connectivity index (χ1n) is 6.07. The number of ether oxygens (including phenoxy) is 1. The van der Waals surface area contributed by atoms with Gasteiger partial charge in [-0.3, -0.25) is 0 Å². The van der Waals surface area contributed by atoms with Crippen LogP contribution in [0.15, 0.2) is 0 Å². The van der Waals surface area contributed by atoms with Crippen LogP contribution in [0.4, 0.5) is 0 Å². The highest BCUT2D eigenvalue weighted by atomic mass is 32.2. The van der Waals surface area contributed by atoms with Crippen molar-refractivity contribution in [3.63, 3.8) is 0 Å². The molecule has 0 aromatic rings. The standard InChI is InChI=1S/C12H22O2S/c1-10(8-13)6-11-2-4-14-12(7-11)3-5-15-9-12/h10-11,13H,2-9H2,1H3. The topological polar surface area (TPSA) is 29.5 Å². The van der Waals surface area contributed by atoms with E-state index < -0.39 is 0 Å². The highest BCUT2D eigenvalue weighted by Gasteiger charge is 2.40. The van der Waals surface area contributed by atoms with E-state index in [4.69, 9.17) is 9.84 Å². The normalized spacial score (nSPS) is 38.4. The molecule has 0 bridgehead atoms. The van der Waals surface area contributed by atoms with Gasteiger partial charge in [-0.25, -0.2) is 0 Å². The minimum Gasteiger partial charge on any atom is -0.396 e. The summed E-state index contributed by atoms with van der Waals surface area (Å²) in [6.07, 6.45) is 4.83. The fourth-order valence-corrected chi connectivity index (χ4v) is 4.22. The maximum atomic E-state index is 9.09. The average Bonchev–Trinajstić information content (AvgIpc) is 2.66. The van der Waals surface area contributed by atoms with Gasteiger partial charge < -0.3 is 9.84 Å². The first-order valence-corrected chi connectivity index (χ1v) is 7.22. The second kappa shape index (κ2) is 5.07. The van der Waals surface area contributed by atoms with Crippen molar-refractivity contribution in [2.24, 2.45) is 11.8 Å². The van der Waals surface area contributed by atoms with Gasteiger partial charge in [0.25, 0.3) is 0 Å². The fourth-order valence-electron chi connectivity index (χ4n) is 2.84. The Kier molecular flexibility index (Phi) is 3.97. The maximum absolute atomic E-state index is 9.09. The van der Waals surface area contributed by atoms with Crippen LogP contribution in [-0.2, 0) is 4.74 Å². The van der Waals surface area contributed by atoms with Gasteiger partial charge in [0, 0.05) is 19.0 Å². The molecule has 2 rings (SSSR count). The Morgan fingerprint density at radius 1 is 1.60 bits per heavy atom. The molecule has 3 heteroatoms. The lowest BCUT2D eigenvalue weighted by Gasteiger charge is -2.38. The van der Waals surface area contributed by atoms with Crippen molar-refractivity contribution in [2.45, 2.75) is 38.2 Å². The lowest BCUT2D eigenvalue weighted by Crippen LogP contribution is -2.40. The van der Waals surface area contributed by atoms with Crippen LogP contribution in [-0.4, -0.2) is 35.4 Å². The summed E-state index contributed by atoms with van der Waals surface area (Å²) < 4.78 is 5.99. The summed E-state index contributed by atoms with van der Waals surface area (Å²) in [7, 11) is 0. The molecule has 2 saturated heterocycles. The minimum atomic E-state index is 0.211. The molecule has 0 aliphatic carbocycles. The van der Waals surface area contributed by atoms with E-state index in [0.29, 0.717) is 12.5 Å². The summed E-state index contributed by atoms with van der Waals surface area (Å²) in [4.78, 5) is 0. The number of rotatable bonds is 3. The largest absolute Gasteiger partial charge is 0.396 e. The summed E-state index contributed by atoms with van der Waals surface area (Å²) >= 11 is 2.03. The van der Waals surface area contributed by atoms with Gasteiger partial charge in [0.1, 0.15) is 0 Å². The van der Waals surface area contributed by atoms with Gasteiger partial charge in [-0.15, -0.1) is 0 Å². The molecule has 15 heavy (non-hydrogen) atoms. The Morgan fingerprint density at radius 3 is 3.13 bits per heavy atom. The fraction of sp³-hybridized carbons (Fsp3) is 1.00. The third-order valence-electron chi connectivity index (χ3n) is 3.71. The molecule has 2 fully saturated rings. The van der Waals surface area contributed by atoms with Crippen LogP contribution < -0.4 is 0 Å². The third kappa shape index (κ3) is 2.89. The van der Waals surface area contributed by atoms with Gasteiger partial charge in [0.05, 0.1) is 5.60 Å². The number of hydrogen-bond donors (Lipinski definition) is 1. The lowest BCUT2D eigenvalue weighted by atomic mass is 9.81. The predicted octanol–water partition coefficient (Wildman–Crippen LogP) is 2.31. The van der Waals surface area contributed by atoms with Crippen LogP contribution >= 0.6 is 11.8 Å². The zero-order chi connectivity index (χ0) is 10.7. The van der Waals surface area contributed by atoms with Crippen molar-refractivity contribution in [2.75, 3.05) is 24.7 Å². The van der Waals surface area contributed by atoms with Gasteiger partial charge in [0.15, 0.2) is 0 Å². The highest BCUT2D eigenvalue weighted by molar-refractivity contribution is 7.99. The van der Waals surface area contributed by atoms with Crippen molar-refractivity contribution >= 4 is 11.8 Å². The Bertz CT molecular complexity index is 202. The van der Waals surface area contributed by atoms with Gasteiger partial charge >= 0.3 is 0 Å². The Morgan fingerprint density at radius 2 is 2.47 bits per heavy atom. The van der Waals surface area contributed by atoms with Gasteiger partial charge in [0.2, 0.25) is 0 Å². The zero-order valence-corrected chi connectivity index (χ0v) is 10.4. The van der Waals surface area contributed by atoms with E-state index in [2.05, 4.69) is 6.92 Å². The van der Waals surface area contributed by atoms with Crippen LogP contribution in [0.2, 0.25) is 0 Å². The molecule has 3 unspecified atom stereocenters. The van der Waals surface area contributed by atoms with E-state index in [0.717, 1.165) is 12.5 Å². The van der Waals surface area contributed by atoms with Crippen LogP contribution in [0, 0.1) is 11.8 Å². The molecule has 2 heterocycles. The second-order valence-electron chi connectivity index (χ2n) is 5.22. The number of thioether (sulfide) groups is 1. The van der Waals surface area contributed by atoms with E-state index in [9.17, 15) is 0 Å². The van der Waals surface area contributed by atoms with E-state index in [1.54, 1.807) is 0 Å². The number of hydrogen-bond acceptors (Lipinski definition) is 3. The molecule has 2 aliphatic rings. The average molecular weight is 230 g/mol. The Hall–Kier alpha value is 0.270. The highest BCUT2D eigenvalue weighted by Crippen LogP contribution is 2.41. The van der Waals surface area contributed by atoms with Crippen molar-refractivity contribution in [1.82, 2.24) is 0 Å². The summed E-state index contributed by atoms with van der Waals surface area (Å²) in [5, 5.41) is 9.09. The van der Waals surface area contributed by atoms with Crippen LogP contribution in [0.25, 0.3) is 0 Å². The quantitative estimate of drug-likeness (QED) is 0.807.